The van der Waals surface area contributed by atoms with Gasteiger partial charge in [0, 0.05) is 25.2 Å². The van der Waals surface area contributed by atoms with Crippen LogP contribution in [0.1, 0.15) is 19.4 Å². The van der Waals surface area contributed by atoms with Gasteiger partial charge in [0.1, 0.15) is 5.75 Å². The second-order valence-corrected chi connectivity index (χ2v) is 6.89. The lowest BCUT2D eigenvalue weighted by atomic mass is 9.78. The minimum atomic E-state index is -1.21. The van der Waals surface area contributed by atoms with Gasteiger partial charge in [-0.25, -0.2) is 0 Å². The third kappa shape index (κ3) is 2.65. The molecule has 1 aliphatic rings. The SMILES string of the molecule is COc1ccc(N(C)N=CC2(O)N(C)c3ccccc3C2(C)C)cc1. The Hall–Kier alpha value is -2.53. The largest absolute Gasteiger partial charge is 0.497 e. The maximum Gasteiger partial charge on any atom is 0.185 e. The zero-order chi connectivity index (χ0) is 18.2. The van der Waals surface area contributed by atoms with Gasteiger partial charge in [0.25, 0.3) is 0 Å². The summed E-state index contributed by atoms with van der Waals surface area (Å²) in [6.45, 7) is 4.07. The Morgan fingerprint density at radius 3 is 2.36 bits per heavy atom. The Morgan fingerprint density at radius 2 is 1.76 bits per heavy atom. The normalized spacial score (nSPS) is 21.4. The fraction of sp³-hybridized carbons (Fsp3) is 0.350. The van der Waals surface area contributed by atoms with Crippen LogP contribution >= 0.6 is 0 Å². The Balaban J connectivity index is 1.89. The molecule has 0 saturated carbocycles. The lowest BCUT2D eigenvalue weighted by molar-refractivity contribution is 0.0585. The fourth-order valence-corrected chi connectivity index (χ4v) is 3.38. The summed E-state index contributed by atoms with van der Waals surface area (Å²) in [6.07, 6.45) is 1.62. The molecule has 1 N–H and O–H groups in total. The van der Waals surface area contributed by atoms with Gasteiger partial charge < -0.3 is 14.7 Å². The van der Waals surface area contributed by atoms with Crippen molar-refractivity contribution in [2.75, 3.05) is 31.1 Å². The molecule has 0 spiro atoms. The van der Waals surface area contributed by atoms with Crippen molar-refractivity contribution in [1.29, 1.82) is 0 Å². The van der Waals surface area contributed by atoms with Crippen molar-refractivity contribution >= 4 is 17.6 Å². The van der Waals surface area contributed by atoms with Gasteiger partial charge in [0.15, 0.2) is 5.72 Å². The van der Waals surface area contributed by atoms with Gasteiger partial charge >= 0.3 is 0 Å². The summed E-state index contributed by atoms with van der Waals surface area (Å²) >= 11 is 0. The third-order valence-corrected chi connectivity index (χ3v) is 5.23. The van der Waals surface area contributed by atoms with Crippen molar-refractivity contribution in [3.05, 3.63) is 54.1 Å². The molecule has 5 heteroatoms. The zero-order valence-corrected chi connectivity index (χ0v) is 15.4. The number of ether oxygens (including phenoxy) is 1. The summed E-state index contributed by atoms with van der Waals surface area (Å²) in [6, 6.07) is 15.7. The molecule has 0 aliphatic carbocycles. The predicted octanol–water partition coefficient (Wildman–Crippen LogP) is 3.23. The highest BCUT2D eigenvalue weighted by Gasteiger charge is 2.54. The Labute approximate surface area is 149 Å². The van der Waals surface area contributed by atoms with Crippen molar-refractivity contribution in [1.82, 2.24) is 0 Å². The number of rotatable bonds is 4. The number of hydrazone groups is 1. The van der Waals surface area contributed by atoms with Crippen molar-refractivity contribution in [3.63, 3.8) is 0 Å². The molecule has 0 radical (unpaired) electrons. The molecule has 2 aromatic carbocycles. The number of methoxy groups -OCH3 is 1. The second-order valence-electron chi connectivity index (χ2n) is 6.89. The summed E-state index contributed by atoms with van der Waals surface area (Å²) < 4.78 is 5.18. The first-order valence-corrected chi connectivity index (χ1v) is 8.30. The molecule has 0 bridgehead atoms. The quantitative estimate of drug-likeness (QED) is 0.686. The van der Waals surface area contributed by atoms with Crippen molar-refractivity contribution < 1.29 is 9.84 Å². The summed E-state index contributed by atoms with van der Waals surface area (Å²) in [4.78, 5) is 1.88. The molecule has 5 nitrogen and oxygen atoms in total. The van der Waals surface area contributed by atoms with E-state index in [4.69, 9.17) is 4.74 Å². The first-order chi connectivity index (χ1) is 11.8. The first-order valence-electron chi connectivity index (χ1n) is 8.30. The van der Waals surface area contributed by atoms with Crippen LogP contribution in [0.5, 0.6) is 5.75 Å². The van der Waals surface area contributed by atoms with E-state index in [0.717, 1.165) is 22.7 Å². The average Bonchev–Trinajstić information content (AvgIpc) is 2.79. The number of para-hydroxylation sites is 1. The number of nitrogens with zero attached hydrogens (tertiary/aromatic N) is 3. The van der Waals surface area contributed by atoms with Crippen molar-refractivity contribution in [2.45, 2.75) is 25.0 Å². The highest BCUT2D eigenvalue weighted by Crippen LogP contribution is 2.48. The number of aliphatic hydroxyl groups is 1. The molecule has 0 fully saturated rings. The van der Waals surface area contributed by atoms with E-state index in [1.54, 1.807) is 18.3 Å². The van der Waals surface area contributed by atoms with Crippen molar-refractivity contribution in [2.24, 2.45) is 5.10 Å². The van der Waals surface area contributed by atoms with Gasteiger partial charge in [0.05, 0.1) is 19.0 Å². The van der Waals surface area contributed by atoms with Gasteiger partial charge in [-0.15, -0.1) is 0 Å². The molecule has 1 aliphatic heterocycles. The fourth-order valence-electron chi connectivity index (χ4n) is 3.38. The van der Waals surface area contributed by atoms with Gasteiger partial charge in [-0.2, -0.15) is 5.10 Å². The maximum absolute atomic E-state index is 11.4. The van der Waals surface area contributed by atoms with Crippen molar-refractivity contribution in [3.8, 4) is 5.75 Å². The Bertz CT molecular complexity index is 786. The van der Waals surface area contributed by atoms with Crippen LogP contribution in [0.4, 0.5) is 11.4 Å². The van der Waals surface area contributed by atoms with E-state index in [2.05, 4.69) is 11.2 Å². The van der Waals surface area contributed by atoms with E-state index in [0.29, 0.717) is 0 Å². The monoisotopic (exact) mass is 339 g/mol. The minimum Gasteiger partial charge on any atom is -0.497 e. The zero-order valence-electron chi connectivity index (χ0n) is 15.4. The molecule has 0 aromatic heterocycles. The maximum atomic E-state index is 11.4. The number of benzene rings is 2. The van der Waals surface area contributed by atoms with Crippen LogP contribution < -0.4 is 14.6 Å². The van der Waals surface area contributed by atoms with Gasteiger partial charge in [-0.05, 0) is 35.9 Å². The molecule has 3 rings (SSSR count). The van der Waals surface area contributed by atoms with Crippen LogP contribution in [0.15, 0.2) is 53.6 Å². The van der Waals surface area contributed by atoms with Gasteiger partial charge in [-0.3, -0.25) is 5.01 Å². The summed E-state index contributed by atoms with van der Waals surface area (Å²) in [5, 5.41) is 17.7. The topological polar surface area (TPSA) is 48.3 Å². The molecule has 0 saturated heterocycles. The molecule has 1 atom stereocenters. The van der Waals surface area contributed by atoms with Crippen LogP contribution in [0.2, 0.25) is 0 Å². The van der Waals surface area contributed by atoms with E-state index >= 15 is 0 Å². The number of likely N-dealkylation sites (N-methyl/N-ethyl adjacent to an activating group) is 1. The molecule has 1 unspecified atom stereocenters. The number of hydrogen-bond acceptors (Lipinski definition) is 5. The summed E-state index contributed by atoms with van der Waals surface area (Å²) in [7, 11) is 5.39. The van der Waals surface area contributed by atoms with Crippen LogP contribution in [0, 0.1) is 0 Å². The Kier molecular flexibility index (Phi) is 4.21. The Morgan fingerprint density at radius 1 is 1.12 bits per heavy atom. The number of fused-ring (bicyclic) bond motifs is 1. The van der Waals surface area contributed by atoms with E-state index in [-0.39, 0.29) is 0 Å². The highest BCUT2D eigenvalue weighted by atomic mass is 16.5. The van der Waals surface area contributed by atoms with Crippen LogP contribution in [0.25, 0.3) is 0 Å². The molecular formula is C20H25N3O2. The molecule has 0 amide bonds. The molecule has 25 heavy (non-hydrogen) atoms. The van der Waals surface area contributed by atoms with Crippen LogP contribution in [-0.2, 0) is 5.41 Å². The van der Waals surface area contributed by atoms with E-state index in [1.165, 1.54) is 0 Å². The highest BCUT2D eigenvalue weighted by molar-refractivity contribution is 5.83. The summed E-state index contributed by atoms with van der Waals surface area (Å²) in [5.41, 5.74) is 1.35. The number of hydrogen-bond donors (Lipinski definition) is 1. The molecule has 1 heterocycles. The van der Waals surface area contributed by atoms with E-state index < -0.39 is 11.1 Å². The van der Waals surface area contributed by atoms with Gasteiger partial charge in [0.2, 0.25) is 0 Å². The lowest BCUT2D eigenvalue weighted by Crippen LogP contribution is -2.56. The minimum absolute atomic E-state index is 0.484. The lowest BCUT2D eigenvalue weighted by Gasteiger charge is -2.38. The first kappa shape index (κ1) is 17.3. The van der Waals surface area contributed by atoms with Crippen LogP contribution in [-0.4, -0.2) is 38.3 Å². The molecular weight excluding hydrogens is 314 g/mol. The van der Waals surface area contributed by atoms with E-state index in [9.17, 15) is 5.11 Å². The van der Waals surface area contributed by atoms with Gasteiger partial charge in [-0.1, -0.05) is 32.0 Å². The summed E-state index contributed by atoms with van der Waals surface area (Å²) in [5.74, 6) is 0.798. The predicted molar refractivity (Wildman–Crippen MR) is 103 cm³/mol. The second kappa shape index (κ2) is 6.08. The smallest absolute Gasteiger partial charge is 0.185 e. The van der Waals surface area contributed by atoms with Crippen LogP contribution in [0.3, 0.4) is 0 Å². The van der Waals surface area contributed by atoms with E-state index in [1.807, 2.05) is 75.3 Å². The average molecular weight is 339 g/mol. The third-order valence-electron chi connectivity index (χ3n) is 5.23. The molecule has 2 aromatic rings. The standard InChI is InChI=1S/C20H25N3O2/c1-19(2)17-8-6-7-9-18(17)22(3)20(19,24)14-21-23(4)15-10-12-16(25-5)13-11-15/h6-14,24H,1-5H3. The number of anilines is 2. The molecule has 132 valence electrons.